The highest BCUT2D eigenvalue weighted by atomic mass is 32.2. The minimum absolute atomic E-state index is 0.184. The van der Waals surface area contributed by atoms with E-state index in [2.05, 4.69) is 9.46 Å². The molecule has 0 aromatic carbocycles. The van der Waals surface area contributed by atoms with Crippen molar-refractivity contribution >= 4 is 33.2 Å². The van der Waals surface area contributed by atoms with E-state index in [0.717, 1.165) is 11.1 Å². The van der Waals surface area contributed by atoms with Crippen LogP contribution >= 0.6 is 11.3 Å². The van der Waals surface area contributed by atoms with Crippen LogP contribution in [0.3, 0.4) is 0 Å². The number of methoxy groups -OCH3 is 1. The molecule has 0 saturated carbocycles. The quantitative estimate of drug-likeness (QED) is 0.660. The summed E-state index contributed by atoms with van der Waals surface area (Å²) in [5.41, 5.74) is 0.338. The van der Waals surface area contributed by atoms with Crippen molar-refractivity contribution in [3.05, 3.63) is 45.0 Å². The van der Waals surface area contributed by atoms with E-state index >= 15 is 0 Å². The van der Waals surface area contributed by atoms with Gasteiger partial charge in [0.25, 0.3) is 5.91 Å². The number of nitrogens with zero attached hydrogens (tertiary/aromatic N) is 1. The second-order valence-corrected chi connectivity index (χ2v) is 9.02. The molecule has 8 nitrogen and oxygen atoms in total. The van der Waals surface area contributed by atoms with Gasteiger partial charge >= 0.3 is 5.97 Å². The number of carbonyl (C=O) groups excluding carboxylic acids is 2. The van der Waals surface area contributed by atoms with Gasteiger partial charge < -0.3 is 14.1 Å². The maximum Gasteiger partial charge on any atom is 0.341 e. The van der Waals surface area contributed by atoms with Gasteiger partial charge in [-0.25, -0.2) is 17.9 Å². The lowest BCUT2D eigenvalue weighted by atomic mass is 10.2. The number of thiophene rings is 1. The Morgan fingerprint density at radius 2 is 2.04 bits per heavy atom. The van der Waals surface area contributed by atoms with E-state index < -0.39 is 16.0 Å². The van der Waals surface area contributed by atoms with Crippen LogP contribution in [0.15, 0.2) is 22.6 Å². The minimum Gasteiger partial charge on any atom is -0.465 e. The Morgan fingerprint density at radius 3 is 2.67 bits per heavy atom. The van der Waals surface area contributed by atoms with Gasteiger partial charge in [-0.1, -0.05) is 0 Å². The first kappa shape index (κ1) is 21.1. The number of hydrogen-bond acceptors (Lipinski definition) is 7. The summed E-state index contributed by atoms with van der Waals surface area (Å²) in [7, 11) is -0.288. The summed E-state index contributed by atoms with van der Waals surface area (Å²) in [6, 6.07) is 5.09. The number of ether oxygens (including phenoxy) is 1. The normalized spacial score (nSPS) is 11.4. The number of rotatable bonds is 8. The lowest BCUT2D eigenvalue weighted by molar-refractivity contribution is 0.0598. The molecule has 0 saturated heterocycles. The van der Waals surface area contributed by atoms with Crippen molar-refractivity contribution in [2.45, 2.75) is 19.9 Å². The van der Waals surface area contributed by atoms with Crippen LogP contribution in [-0.4, -0.2) is 52.2 Å². The first-order valence-electron chi connectivity index (χ1n) is 8.07. The van der Waals surface area contributed by atoms with Crippen LogP contribution in [0.1, 0.15) is 36.4 Å². The van der Waals surface area contributed by atoms with E-state index in [9.17, 15) is 18.0 Å². The molecule has 2 aromatic rings. The molecule has 2 heterocycles. The summed E-state index contributed by atoms with van der Waals surface area (Å²) < 4.78 is 34.8. The average Bonchev–Trinajstić information content (AvgIpc) is 3.19. The van der Waals surface area contributed by atoms with E-state index in [-0.39, 0.29) is 19.0 Å². The van der Waals surface area contributed by atoms with E-state index in [1.54, 1.807) is 26.1 Å². The van der Waals surface area contributed by atoms with Gasteiger partial charge in [-0.05, 0) is 31.5 Å². The maximum atomic E-state index is 12.6. The van der Waals surface area contributed by atoms with Gasteiger partial charge in [-0.3, -0.25) is 4.79 Å². The molecule has 148 valence electrons. The van der Waals surface area contributed by atoms with Crippen LogP contribution in [0, 0.1) is 6.92 Å². The van der Waals surface area contributed by atoms with Crippen LogP contribution < -0.4 is 4.72 Å². The molecule has 0 aliphatic heterocycles. The topological polar surface area (TPSA) is 106 Å². The third-order valence-electron chi connectivity index (χ3n) is 3.72. The lowest BCUT2D eigenvalue weighted by Crippen LogP contribution is -2.25. The number of amides is 1. The fourth-order valence-electron chi connectivity index (χ4n) is 2.41. The Hall–Kier alpha value is -2.17. The molecule has 0 bridgehead atoms. The number of furan rings is 1. The molecule has 0 aliphatic carbocycles. The molecule has 0 spiro atoms. The maximum absolute atomic E-state index is 12.6. The summed E-state index contributed by atoms with van der Waals surface area (Å²) in [6.45, 7) is 2.15. The highest BCUT2D eigenvalue weighted by Crippen LogP contribution is 2.21. The molecule has 0 unspecified atom stereocenters. The fraction of sp³-hybridized carbons (Fsp3) is 0.412. The molecule has 2 aromatic heterocycles. The summed E-state index contributed by atoms with van der Waals surface area (Å²) in [5, 5.41) is 0. The SMILES string of the molecule is COC(=O)c1cc(CN(C)C(=O)c2ccc(CCNS(C)(=O)=O)s2)oc1C. The third-order valence-corrected chi connectivity index (χ3v) is 5.58. The second kappa shape index (κ2) is 8.68. The van der Waals surface area contributed by atoms with Crippen LogP contribution in [0.5, 0.6) is 0 Å². The zero-order chi connectivity index (χ0) is 20.2. The van der Waals surface area contributed by atoms with Gasteiger partial charge in [0, 0.05) is 18.5 Å². The van der Waals surface area contributed by atoms with Crippen molar-refractivity contribution < 1.29 is 27.2 Å². The third kappa shape index (κ3) is 5.91. The summed E-state index contributed by atoms with van der Waals surface area (Å²) in [4.78, 5) is 27.1. The molecular weight excluding hydrogens is 392 g/mol. The molecule has 1 amide bonds. The van der Waals surface area contributed by atoms with Crippen molar-refractivity contribution in [1.29, 1.82) is 0 Å². The first-order valence-corrected chi connectivity index (χ1v) is 10.8. The second-order valence-electron chi connectivity index (χ2n) is 6.02. The van der Waals surface area contributed by atoms with Crippen molar-refractivity contribution in [2.75, 3.05) is 27.0 Å². The zero-order valence-electron chi connectivity index (χ0n) is 15.6. The number of carbonyl (C=O) groups is 2. The smallest absolute Gasteiger partial charge is 0.341 e. The number of sulfonamides is 1. The van der Waals surface area contributed by atoms with Crippen LogP contribution in [0.4, 0.5) is 0 Å². The molecule has 0 fully saturated rings. The number of esters is 1. The molecular formula is C17H22N2O6S2. The largest absolute Gasteiger partial charge is 0.465 e. The van der Waals surface area contributed by atoms with Gasteiger partial charge in [0.15, 0.2) is 0 Å². The van der Waals surface area contributed by atoms with Gasteiger partial charge in [0.2, 0.25) is 10.0 Å². The summed E-state index contributed by atoms with van der Waals surface area (Å²) in [6.07, 6.45) is 1.61. The Balaban J connectivity index is 1.98. The van der Waals surface area contributed by atoms with Crippen molar-refractivity contribution in [3.8, 4) is 0 Å². The summed E-state index contributed by atoms with van der Waals surface area (Å²) >= 11 is 1.32. The predicted octanol–water partition coefficient (Wildman–Crippen LogP) is 1.80. The lowest BCUT2D eigenvalue weighted by Gasteiger charge is -2.14. The van der Waals surface area contributed by atoms with Crippen LogP contribution in [0.25, 0.3) is 0 Å². The Kier molecular flexibility index (Phi) is 6.79. The summed E-state index contributed by atoms with van der Waals surface area (Å²) in [5.74, 6) is 0.255. The van der Waals surface area contributed by atoms with E-state index in [1.807, 2.05) is 6.07 Å². The number of hydrogen-bond donors (Lipinski definition) is 1. The fourth-order valence-corrected chi connectivity index (χ4v) is 3.89. The molecule has 2 rings (SSSR count). The highest BCUT2D eigenvalue weighted by Gasteiger charge is 2.19. The van der Waals surface area contributed by atoms with E-state index in [4.69, 9.17) is 4.42 Å². The van der Waals surface area contributed by atoms with Crippen molar-refractivity contribution in [1.82, 2.24) is 9.62 Å². The zero-order valence-corrected chi connectivity index (χ0v) is 17.2. The number of aryl methyl sites for hydroxylation is 1. The predicted molar refractivity (Wildman–Crippen MR) is 101 cm³/mol. The average molecular weight is 415 g/mol. The monoisotopic (exact) mass is 414 g/mol. The van der Waals surface area contributed by atoms with Crippen molar-refractivity contribution in [3.63, 3.8) is 0 Å². The standard InChI is InChI=1S/C17H22N2O6S2/c1-11-14(17(21)24-3)9-12(25-11)10-19(2)16(20)15-6-5-13(26-15)7-8-18-27(4,22)23/h5-6,9,18H,7-8,10H2,1-4H3. The highest BCUT2D eigenvalue weighted by molar-refractivity contribution is 7.88. The number of nitrogens with one attached hydrogen (secondary N) is 1. The molecule has 10 heteroatoms. The van der Waals surface area contributed by atoms with Gasteiger partial charge in [0.1, 0.15) is 17.1 Å². The van der Waals surface area contributed by atoms with E-state index in [0.29, 0.717) is 28.4 Å². The Morgan fingerprint density at radius 1 is 1.33 bits per heavy atom. The molecule has 0 atom stereocenters. The Bertz CT molecular complexity index is 929. The van der Waals surface area contributed by atoms with E-state index in [1.165, 1.54) is 23.3 Å². The van der Waals surface area contributed by atoms with Gasteiger partial charge in [0.05, 0.1) is 24.8 Å². The molecule has 1 N–H and O–H groups in total. The van der Waals surface area contributed by atoms with Gasteiger partial charge in [-0.2, -0.15) is 0 Å². The van der Waals surface area contributed by atoms with Crippen LogP contribution in [-0.2, 0) is 27.7 Å². The van der Waals surface area contributed by atoms with Gasteiger partial charge in [-0.15, -0.1) is 11.3 Å². The van der Waals surface area contributed by atoms with Crippen LogP contribution in [0.2, 0.25) is 0 Å². The Labute approximate surface area is 162 Å². The minimum atomic E-state index is -3.23. The van der Waals surface area contributed by atoms with Crippen molar-refractivity contribution in [2.24, 2.45) is 0 Å². The molecule has 0 aliphatic rings. The molecule has 0 radical (unpaired) electrons. The first-order chi connectivity index (χ1) is 12.6. The molecule has 27 heavy (non-hydrogen) atoms.